The number of aliphatic hydroxyl groups is 1. The van der Waals surface area contributed by atoms with Gasteiger partial charge in [0.1, 0.15) is 12.4 Å². The number of anilines is 3. The van der Waals surface area contributed by atoms with Crippen molar-refractivity contribution in [3.05, 3.63) is 10.4 Å². The van der Waals surface area contributed by atoms with Crippen molar-refractivity contribution in [2.75, 3.05) is 42.6 Å². The Labute approximate surface area is 108 Å². The number of nitrogens with two attached hydrogens (primary N) is 1. The zero-order valence-corrected chi connectivity index (χ0v) is 10.4. The lowest BCUT2D eigenvalue weighted by atomic mass is 10.4. The van der Waals surface area contributed by atoms with E-state index in [0.717, 1.165) is 4.57 Å². The van der Waals surface area contributed by atoms with Gasteiger partial charge in [-0.25, -0.2) is 4.57 Å². The Hall–Kier alpha value is -2.13. The fraction of sp³-hybridized carbons (Fsp3) is 0.500. The van der Waals surface area contributed by atoms with Crippen LogP contribution in [0, 0.1) is 0 Å². The molecule has 0 saturated carbocycles. The number of nitrogen functional groups attached to an aromatic ring is 1. The van der Waals surface area contributed by atoms with E-state index in [2.05, 4.69) is 10.3 Å². The molecule has 1 aromatic heterocycles. The summed E-state index contributed by atoms with van der Waals surface area (Å²) in [6.07, 6.45) is 0. The number of nitrogens with zero attached hydrogens (tertiary/aromatic N) is 3. The van der Waals surface area contributed by atoms with Crippen LogP contribution in [0.3, 0.4) is 0 Å². The Balaban J connectivity index is 2.32. The van der Waals surface area contributed by atoms with Crippen LogP contribution in [-0.2, 0) is 4.74 Å². The molecule has 0 saturated heterocycles. The van der Waals surface area contributed by atoms with Gasteiger partial charge in [-0.3, -0.25) is 9.59 Å². The third-order valence-electron chi connectivity index (χ3n) is 2.63. The van der Waals surface area contributed by atoms with E-state index >= 15 is 0 Å². The molecule has 0 unspecified atom stereocenters. The van der Waals surface area contributed by atoms with E-state index in [1.165, 1.54) is 6.92 Å². The lowest BCUT2D eigenvalue weighted by molar-refractivity contribution is 0.0929. The number of nitrogens with one attached hydrogen (secondary N) is 1. The van der Waals surface area contributed by atoms with Crippen molar-refractivity contribution in [2.24, 2.45) is 0 Å². The number of rotatable bonds is 4. The molecule has 0 radical (unpaired) electrons. The molecule has 0 aliphatic carbocycles. The summed E-state index contributed by atoms with van der Waals surface area (Å²) in [5.41, 5.74) is 5.30. The zero-order valence-electron chi connectivity index (χ0n) is 10.4. The molecule has 19 heavy (non-hydrogen) atoms. The Morgan fingerprint density at radius 2 is 2.37 bits per heavy atom. The van der Waals surface area contributed by atoms with Crippen LogP contribution in [0.4, 0.5) is 17.5 Å². The van der Waals surface area contributed by atoms with Gasteiger partial charge in [-0.1, -0.05) is 0 Å². The van der Waals surface area contributed by atoms with Crippen LogP contribution in [0.25, 0.3) is 0 Å². The summed E-state index contributed by atoms with van der Waals surface area (Å²) >= 11 is 0. The first-order valence-corrected chi connectivity index (χ1v) is 5.67. The zero-order chi connectivity index (χ0) is 14.0. The molecule has 2 heterocycles. The van der Waals surface area contributed by atoms with Gasteiger partial charge in [-0.2, -0.15) is 4.98 Å². The number of aliphatic hydroxyl groups excluding tert-OH is 1. The molecular weight excluding hydrogens is 254 g/mol. The summed E-state index contributed by atoms with van der Waals surface area (Å²) in [6, 6.07) is 0. The summed E-state index contributed by atoms with van der Waals surface area (Å²) in [6.45, 7) is 1.82. The van der Waals surface area contributed by atoms with Crippen LogP contribution < -0.4 is 21.5 Å². The predicted octanol–water partition coefficient (Wildman–Crippen LogP) is -1.36. The summed E-state index contributed by atoms with van der Waals surface area (Å²) < 4.78 is 5.97. The van der Waals surface area contributed by atoms with Crippen molar-refractivity contribution in [1.82, 2.24) is 9.55 Å². The van der Waals surface area contributed by atoms with E-state index in [-0.39, 0.29) is 31.6 Å². The molecule has 2 rings (SSSR count). The van der Waals surface area contributed by atoms with E-state index in [1.54, 1.807) is 4.90 Å². The topological polar surface area (TPSA) is 123 Å². The van der Waals surface area contributed by atoms with Gasteiger partial charge in [0.15, 0.2) is 5.82 Å². The lowest BCUT2D eigenvalue weighted by Gasteiger charge is -2.17. The smallest absolute Gasteiger partial charge is 0.287 e. The quantitative estimate of drug-likeness (QED) is 0.573. The van der Waals surface area contributed by atoms with Crippen LogP contribution in [-0.4, -0.2) is 47.2 Å². The number of carbonyl (C=O) groups is 1. The third kappa shape index (κ3) is 2.37. The number of aromatic nitrogens is 2. The van der Waals surface area contributed by atoms with Crippen molar-refractivity contribution >= 4 is 23.4 Å². The highest BCUT2D eigenvalue weighted by Gasteiger charge is 2.26. The molecule has 104 valence electrons. The third-order valence-corrected chi connectivity index (χ3v) is 2.63. The molecule has 0 bridgehead atoms. The average molecular weight is 269 g/mol. The minimum atomic E-state index is -0.528. The Bertz CT molecular complexity index is 556. The maximum atomic E-state index is 12.1. The van der Waals surface area contributed by atoms with Crippen LogP contribution in [0.15, 0.2) is 4.79 Å². The van der Waals surface area contributed by atoms with Crippen LogP contribution >= 0.6 is 0 Å². The number of hydrogen-bond acceptors (Lipinski definition) is 8. The molecule has 0 aromatic carbocycles. The minimum Gasteiger partial charge on any atom is -0.394 e. The lowest BCUT2D eigenvalue weighted by Crippen LogP contribution is -2.30. The normalized spacial score (nSPS) is 13.3. The number of ether oxygens (including phenoxy) is 1. The maximum Gasteiger partial charge on any atom is 0.287 e. The van der Waals surface area contributed by atoms with Gasteiger partial charge < -0.3 is 25.8 Å². The first kappa shape index (κ1) is 13.3. The van der Waals surface area contributed by atoms with Crippen molar-refractivity contribution in [3.63, 3.8) is 0 Å². The van der Waals surface area contributed by atoms with Crippen molar-refractivity contribution in [2.45, 2.75) is 6.92 Å². The van der Waals surface area contributed by atoms with E-state index in [0.29, 0.717) is 12.5 Å². The highest BCUT2D eigenvalue weighted by atomic mass is 16.5. The SMILES string of the molecule is CC(=O)n1c(N)nc2c(c1=O)NCN2COCCO. The highest BCUT2D eigenvalue weighted by molar-refractivity contribution is 5.82. The van der Waals surface area contributed by atoms with Gasteiger partial charge in [0, 0.05) is 6.92 Å². The Morgan fingerprint density at radius 1 is 1.63 bits per heavy atom. The van der Waals surface area contributed by atoms with Gasteiger partial charge in [-0.05, 0) is 0 Å². The van der Waals surface area contributed by atoms with Gasteiger partial charge in [0.05, 0.1) is 19.9 Å². The molecule has 9 heteroatoms. The van der Waals surface area contributed by atoms with Crippen LogP contribution in [0.2, 0.25) is 0 Å². The standard InChI is InChI=1S/C10H15N5O4/c1-6(17)15-9(18)7-8(13-10(15)11)14(4-12-7)5-19-3-2-16/h12,16H,2-5H2,1H3,(H2,11,13). The van der Waals surface area contributed by atoms with E-state index in [9.17, 15) is 9.59 Å². The average Bonchev–Trinajstić information content (AvgIpc) is 2.72. The molecule has 0 fully saturated rings. The highest BCUT2D eigenvalue weighted by Crippen LogP contribution is 2.26. The van der Waals surface area contributed by atoms with Gasteiger partial charge >= 0.3 is 0 Å². The molecule has 9 nitrogen and oxygen atoms in total. The summed E-state index contributed by atoms with van der Waals surface area (Å²) in [5.74, 6) is -0.306. The van der Waals surface area contributed by atoms with Crippen molar-refractivity contribution < 1.29 is 14.6 Å². The van der Waals surface area contributed by atoms with Crippen LogP contribution in [0.5, 0.6) is 0 Å². The summed E-state index contributed by atoms with van der Waals surface area (Å²) in [4.78, 5) is 29.1. The number of fused-ring (bicyclic) bond motifs is 1. The monoisotopic (exact) mass is 269 g/mol. The Morgan fingerprint density at radius 3 is 3.00 bits per heavy atom. The largest absolute Gasteiger partial charge is 0.394 e. The van der Waals surface area contributed by atoms with Gasteiger partial charge in [0.2, 0.25) is 11.9 Å². The molecule has 4 N–H and O–H groups in total. The van der Waals surface area contributed by atoms with E-state index in [4.69, 9.17) is 15.6 Å². The molecule has 1 aliphatic heterocycles. The molecule has 0 spiro atoms. The second kappa shape index (κ2) is 5.24. The Kier molecular flexibility index (Phi) is 3.67. The first-order chi connectivity index (χ1) is 9.06. The van der Waals surface area contributed by atoms with Crippen molar-refractivity contribution in [3.8, 4) is 0 Å². The fourth-order valence-electron chi connectivity index (χ4n) is 1.81. The molecule has 0 atom stereocenters. The van der Waals surface area contributed by atoms with E-state index < -0.39 is 11.5 Å². The fourth-order valence-corrected chi connectivity index (χ4v) is 1.81. The predicted molar refractivity (Wildman–Crippen MR) is 68.1 cm³/mol. The molecule has 1 aliphatic rings. The molecule has 0 amide bonds. The second-order valence-corrected chi connectivity index (χ2v) is 3.96. The van der Waals surface area contributed by atoms with Crippen molar-refractivity contribution in [1.29, 1.82) is 0 Å². The summed E-state index contributed by atoms with van der Waals surface area (Å²) in [7, 11) is 0. The minimum absolute atomic E-state index is 0.0877. The number of carbonyl (C=O) groups excluding carboxylic acids is 1. The van der Waals surface area contributed by atoms with Gasteiger partial charge in [-0.15, -0.1) is 0 Å². The number of hydrogen-bond donors (Lipinski definition) is 3. The van der Waals surface area contributed by atoms with Crippen LogP contribution in [0.1, 0.15) is 11.7 Å². The maximum absolute atomic E-state index is 12.1. The molecule has 1 aromatic rings. The first-order valence-electron chi connectivity index (χ1n) is 5.67. The van der Waals surface area contributed by atoms with E-state index in [1.807, 2.05) is 0 Å². The van der Waals surface area contributed by atoms with Gasteiger partial charge in [0.25, 0.3) is 5.56 Å². The second-order valence-electron chi connectivity index (χ2n) is 3.96. The summed E-state index contributed by atoms with van der Waals surface area (Å²) in [5, 5.41) is 11.5. The molecular formula is C10H15N5O4.